The highest BCUT2D eigenvalue weighted by atomic mass is 32.2. The number of hydrogen-bond donors (Lipinski definition) is 2. The van der Waals surface area contributed by atoms with Crippen LogP contribution in [0.2, 0.25) is 0 Å². The average Bonchev–Trinajstić information content (AvgIpc) is 1.89. The first-order valence-electron chi connectivity index (χ1n) is 2.81. The van der Waals surface area contributed by atoms with Crippen LogP contribution >= 0.6 is 11.8 Å². The van der Waals surface area contributed by atoms with Crippen molar-refractivity contribution in [2.75, 3.05) is 12.0 Å². The molecule has 0 spiro atoms. The molecule has 0 heterocycles. The molecule has 3 nitrogen and oxygen atoms in total. The molecule has 1 atom stereocenters. The number of aliphatic carboxylic acids is 1. The molecule has 0 aromatic carbocycles. The van der Waals surface area contributed by atoms with Gasteiger partial charge in [0.2, 0.25) is 0 Å². The van der Waals surface area contributed by atoms with Crippen LogP contribution in [0.1, 0.15) is 6.42 Å². The molecule has 0 bridgehead atoms. The van der Waals surface area contributed by atoms with Gasteiger partial charge in [-0.1, -0.05) is 0 Å². The summed E-state index contributed by atoms with van der Waals surface area (Å²) in [5, 5.41) is 8.46. The minimum atomic E-state index is -0.871. The van der Waals surface area contributed by atoms with E-state index in [0.717, 1.165) is 5.75 Å². The van der Waals surface area contributed by atoms with Crippen LogP contribution in [0.5, 0.6) is 0 Å². The van der Waals surface area contributed by atoms with Crippen LogP contribution in [0.15, 0.2) is 0 Å². The standard InChI is InChI=1S/C5H10NO2S2/c1-10-3-2-4(6-9)5(7)8/h4,6H,2-3H2,1H3,(H,7,8)/q-1. The normalized spacial score (nSPS) is 13.0. The molecule has 0 aliphatic heterocycles. The first-order chi connectivity index (χ1) is 4.72. The molecular formula is C5H10NO2S2-. The molecule has 0 saturated heterocycles. The number of nitrogens with one attached hydrogen (secondary N) is 1. The minimum Gasteiger partial charge on any atom is -0.705 e. The summed E-state index contributed by atoms with van der Waals surface area (Å²) in [5.74, 6) is -0.0512. The van der Waals surface area contributed by atoms with Gasteiger partial charge in [-0.15, -0.1) is 0 Å². The second-order valence-electron chi connectivity index (χ2n) is 1.79. The smallest absolute Gasteiger partial charge is 0.318 e. The fourth-order valence-corrected chi connectivity index (χ4v) is 1.16. The third-order valence-electron chi connectivity index (χ3n) is 1.05. The monoisotopic (exact) mass is 180 g/mol. The molecule has 60 valence electrons. The van der Waals surface area contributed by atoms with E-state index in [0.29, 0.717) is 6.42 Å². The van der Waals surface area contributed by atoms with Crippen molar-refractivity contribution >= 4 is 30.5 Å². The lowest BCUT2D eigenvalue weighted by molar-refractivity contribution is -0.138. The van der Waals surface area contributed by atoms with Crippen LogP contribution in [0, 0.1) is 0 Å². The maximum Gasteiger partial charge on any atom is 0.318 e. The van der Waals surface area contributed by atoms with Crippen molar-refractivity contribution in [3.05, 3.63) is 0 Å². The van der Waals surface area contributed by atoms with Crippen LogP contribution in [-0.2, 0) is 17.6 Å². The summed E-state index contributed by atoms with van der Waals surface area (Å²) in [7, 11) is 0. The number of rotatable bonds is 5. The van der Waals surface area contributed by atoms with E-state index in [1.807, 2.05) is 6.26 Å². The molecule has 0 amide bonds. The largest absolute Gasteiger partial charge is 0.705 e. The highest BCUT2D eigenvalue weighted by Gasteiger charge is 2.09. The van der Waals surface area contributed by atoms with Crippen molar-refractivity contribution < 1.29 is 9.90 Å². The first kappa shape index (κ1) is 10.1. The fraction of sp³-hybridized carbons (Fsp3) is 0.800. The van der Waals surface area contributed by atoms with Gasteiger partial charge in [-0.25, -0.2) is 0 Å². The number of carboxylic acids is 1. The lowest BCUT2D eigenvalue weighted by atomic mass is 10.2. The summed E-state index contributed by atoms with van der Waals surface area (Å²) in [6.45, 7) is 0. The molecule has 0 radical (unpaired) electrons. The van der Waals surface area contributed by atoms with Crippen LogP contribution in [0.4, 0.5) is 0 Å². The van der Waals surface area contributed by atoms with Crippen LogP contribution in [-0.4, -0.2) is 29.1 Å². The van der Waals surface area contributed by atoms with Crippen molar-refractivity contribution in [2.24, 2.45) is 0 Å². The Kier molecular flexibility index (Phi) is 5.96. The minimum absolute atomic E-state index is 0.567. The van der Waals surface area contributed by atoms with Gasteiger partial charge in [-0.3, -0.25) is 4.79 Å². The van der Waals surface area contributed by atoms with Crippen molar-refractivity contribution in [3.8, 4) is 0 Å². The number of carboxylic acid groups (broad SMARTS) is 1. The molecule has 0 aromatic heterocycles. The van der Waals surface area contributed by atoms with E-state index in [4.69, 9.17) is 5.11 Å². The van der Waals surface area contributed by atoms with E-state index in [2.05, 4.69) is 17.5 Å². The van der Waals surface area contributed by atoms with Gasteiger partial charge in [-0.05, 0) is 18.4 Å². The summed E-state index contributed by atoms with van der Waals surface area (Å²) >= 11 is 6.04. The van der Waals surface area contributed by atoms with Gasteiger partial charge in [-0.2, -0.15) is 11.8 Å². The molecule has 10 heavy (non-hydrogen) atoms. The maximum atomic E-state index is 10.3. The second kappa shape index (κ2) is 5.88. The van der Waals surface area contributed by atoms with Crippen molar-refractivity contribution in [1.29, 1.82) is 0 Å². The summed E-state index contributed by atoms with van der Waals surface area (Å²) < 4.78 is 2.31. The number of thioether (sulfide) groups is 1. The van der Waals surface area contributed by atoms with Gasteiger partial charge in [0, 0.05) is 0 Å². The maximum absolute atomic E-state index is 10.3. The van der Waals surface area contributed by atoms with Gasteiger partial charge < -0.3 is 22.6 Å². The van der Waals surface area contributed by atoms with E-state index < -0.39 is 12.0 Å². The Labute approximate surface area is 70.1 Å². The van der Waals surface area contributed by atoms with Crippen molar-refractivity contribution in [2.45, 2.75) is 12.5 Å². The zero-order chi connectivity index (χ0) is 7.98. The lowest BCUT2D eigenvalue weighted by Gasteiger charge is -2.17. The van der Waals surface area contributed by atoms with Gasteiger partial charge in [0.25, 0.3) is 0 Å². The van der Waals surface area contributed by atoms with Crippen molar-refractivity contribution in [1.82, 2.24) is 4.72 Å². The van der Waals surface area contributed by atoms with Gasteiger partial charge >= 0.3 is 5.97 Å². The van der Waals surface area contributed by atoms with Gasteiger partial charge in [0.05, 0.1) is 6.04 Å². The topological polar surface area (TPSA) is 49.3 Å². The Bertz CT molecular complexity index is 110. The molecule has 0 saturated carbocycles. The summed E-state index contributed by atoms with van der Waals surface area (Å²) in [6.07, 6.45) is 2.52. The molecule has 2 N–H and O–H groups in total. The Morgan fingerprint density at radius 3 is 2.80 bits per heavy atom. The summed E-state index contributed by atoms with van der Waals surface area (Å²) in [6, 6.07) is -0.567. The average molecular weight is 180 g/mol. The van der Waals surface area contributed by atoms with E-state index in [-0.39, 0.29) is 0 Å². The summed E-state index contributed by atoms with van der Waals surface area (Å²) in [5.41, 5.74) is 0. The molecular weight excluding hydrogens is 170 g/mol. The fourth-order valence-electron chi connectivity index (χ4n) is 0.469. The van der Waals surface area contributed by atoms with Crippen LogP contribution in [0.3, 0.4) is 0 Å². The van der Waals surface area contributed by atoms with Gasteiger partial charge in [0.15, 0.2) is 0 Å². The quantitative estimate of drug-likeness (QED) is 0.594. The first-order valence-corrected chi connectivity index (χ1v) is 4.62. The molecule has 0 fully saturated rings. The Morgan fingerprint density at radius 2 is 2.50 bits per heavy atom. The van der Waals surface area contributed by atoms with E-state index in [9.17, 15) is 4.79 Å². The predicted molar refractivity (Wildman–Crippen MR) is 44.9 cm³/mol. The molecule has 0 aliphatic carbocycles. The van der Waals surface area contributed by atoms with Crippen LogP contribution in [0.25, 0.3) is 0 Å². The molecule has 0 aliphatic rings. The Morgan fingerprint density at radius 1 is 1.90 bits per heavy atom. The molecule has 0 rings (SSSR count). The highest BCUT2D eigenvalue weighted by molar-refractivity contribution is 7.98. The molecule has 0 aromatic rings. The van der Waals surface area contributed by atoms with E-state index in [1.165, 1.54) is 0 Å². The zero-order valence-corrected chi connectivity index (χ0v) is 7.30. The second-order valence-corrected chi connectivity index (χ2v) is 3.01. The Hall–Kier alpha value is 0.130. The predicted octanol–water partition coefficient (Wildman–Crippen LogP) is 0.244. The number of carbonyl (C=O) groups is 1. The lowest BCUT2D eigenvalue weighted by Crippen LogP contribution is -2.33. The molecule has 5 heteroatoms. The van der Waals surface area contributed by atoms with E-state index in [1.54, 1.807) is 11.8 Å². The van der Waals surface area contributed by atoms with E-state index >= 15 is 0 Å². The van der Waals surface area contributed by atoms with Crippen LogP contribution < -0.4 is 4.72 Å². The SMILES string of the molecule is CSCCC(N[S-])C(=O)O. The summed E-state index contributed by atoms with van der Waals surface area (Å²) in [4.78, 5) is 10.3. The molecule has 1 unspecified atom stereocenters. The highest BCUT2D eigenvalue weighted by Crippen LogP contribution is 1.99. The Balaban J connectivity index is 3.50. The third-order valence-corrected chi connectivity index (χ3v) is 1.98. The third kappa shape index (κ3) is 4.03. The van der Waals surface area contributed by atoms with Gasteiger partial charge in [0.1, 0.15) is 0 Å². The zero-order valence-electron chi connectivity index (χ0n) is 5.66. The number of hydrogen-bond acceptors (Lipinski definition) is 4. The van der Waals surface area contributed by atoms with Crippen molar-refractivity contribution in [3.63, 3.8) is 0 Å².